The number of rotatable bonds is 2. The Kier molecular flexibility index (Phi) is 3.65. The van der Waals surface area contributed by atoms with E-state index in [4.69, 9.17) is 0 Å². The first kappa shape index (κ1) is 13.1. The third-order valence-corrected chi connectivity index (χ3v) is 5.36. The van der Waals surface area contributed by atoms with Gasteiger partial charge >= 0.3 is 0 Å². The Morgan fingerprint density at radius 2 is 2.12 bits per heavy atom. The lowest BCUT2D eigenvalue weighted by Gasteiger charge is -2.45. The van der Waals surface area contributed by atoms with Gasteiger partial charge in [-0.05, 0) is 54.4 Å². The van der Waals surface area contributed by atoms with Crippen molar-refractivity contribution in [1.29, 1.82) is 0 Å². The second kappa shape index (κ2) is 4.74. The second-order valence-corrected chi connectivity index (χ2v) is 6.42. The third kappa shape index (κ3) is 2.06. The summed E-state index contributed by atoms with van der Waals surface area (Å²) in [5.74, 6) is 2.11. The molecule has 2 nitrogen and oxygen atoms in total. The van der Waals surface area contributed by atoms with Crippen LogP contribution < -0.4 is 0 Å². The van der Waals surface area contributed by atoms with Crippen molar-refractivity contribution >= 4 is 0 Å². The van der Waals surface area contributed by atoms with Gasteiger partial charge < -0.3 is 10.2 Å². The van der Waals surface area contributed by atoms with E-state index >= 15 is 0 Å². The molecule has 0 amide bonds. The fourth-order valence-corrected chi connectivity index (χ4v) is 4.27. The highest BCUT2D eigenvalue weighted by Gasteiger charge is 2.50. The van der Waals surface area contributed by atoms with E-state index in [2.05, 4.69) is 26.8 Å². The highest BCUT2D eigenvalue weighted by molar-refractivity contribution is 5.18. The molecule has 0 aromatic heterocycles. The molecule has 98 valence electrons. The molecule has 0 aromatic carbocycles. The fraction of sp³-hybridized carbons (Fsp3) is 0.867. The first-order valence-electron chi connectivity index (χ1n) is 6.99. The lowest BCUT2D eigenvalue weighted by atomic mass is 9.61. The topological polar surface area (TPSA) is 40.5 Å². The Hall–Kier alpha value is -0.340. The first-order valence-corrected chi connectivity index (χ1v) is 6.99. The Morgan fingerprint density at radius 3 is 2.65 bits per heavy atom. The Morgan fingerprint density at radius 1 is 1.41 bits per heavy atom. The average molecular weight is 238 g/mol. The molecule has 2 rings (SSSR count). The van der Waals surface area contributed by atoms with Crippen LogP contribution in [0, 0.1) is 23.2 Å². The number of hydrogen-bond donors (Lipinski definition) is 2. The van der Waals surface area contributed by atoms with E-state index < -0.39 is 6.10 Å². The summed E-state index contributed by atoms with van der Waals surface area (Å²) in [4.78, 5) is 0. The van der Waals surface area contributed by atoms with Crippen LogP contribution in [0.4, 0.5) is 0 Å². The molecule has 2 aliphatic rings. The molecule has 0 heterocycles. The normalized spacial score (nSPS) is 42.2. The molecule has 0 unspecified atom stereocenters. The van der Waals surface area contributed by atoms with Crippen molar-refractivity contribution in [3.05, 3.63) is 11.6 Å². The van der Waals surface area contributed by atoms with Gasteiger partial charge in [0.25, 0.3) is 0 Å². The van der Waals surface area contributed by atoms with Crippen molar-refractivity contribution in [2.75, 3.05) is 6.61 Å². The maximum atomic E-state index is 10.2. The Balaban J connectivity index is 2.26. The standard InChI is InChI=1S/C15H26O2/c1-10(2)13-5-4-11(3)15(13)7-6-12(9-16)14(17)8-15/h6,10-11,13-14,16-17H,4-5,7-9H2,1-3H3/t11-,13-,14+,15-/m0/s1. The van der Waals surface area contributed by atoms with Crippen molar-refractivity contribution in [2.24, 2.45) is 23.2 Å². The van der Waals surface area contributed by atoms with Crippen LogP contribution in [0.15, 0.2) is 11.6 Å². The zero-order valence-corrected chi connectivity index (χ0v) is 11.3. The first-order chi connectivity index (χ1) is 8.01. The number of aliphatic hydroxyl groups is 2. The van der Waals surface area contributed by atoms with E-state index in [1.165, 1.54) is 12.8 Å². The molecule has 1 fully saturated rings. The maximum Gasteiger partial charge on any atom is 0.0777 e. The van der Waals surface area contributed by atoms with Gasteiger partial charge in [0.2, 0.25) is 0 Å². The lowest BCUT2D eigenvalue weighted by Crippen LogP contribution is -2.40. The van der Waals surface area contributed by atoms with Crippen molar-refractivity contribution in [3.8, 4) is 0 Å². The second-order valence-electron chi connectivity index (χ2n) is 6.42. The van der Waals surface area contributed by atoms with Gasteiger partial charge in [-0.3, -0.25) is 0 Å². The van der Waals surface area contributed by atoms with Crippen molar-refractivity contribution < 1.29 is 10.2 Å². The van der Waals surface area contributed by atoms with E-state index in [-0.39, 0.29) is 12.0 Å². The fourth-order valence-electron chi connectivity index (χ4n) is 4.27. The summed E-state index contributed by atoms with van der Waals surface area (Å²) in [6.45, 7) is 6.97. The molecular weight excluding hydrogens is 212 g/mol. The van der Waals surface area contributed by atoms with Crippen LogP contribution in [0.2, 0.25) is 0 Å². The van der Waals surface area contributed by atoms with Gasteiger partial charge in [0.1, 0.15) is 0 Å². The van der Waals surface area contributed by atoms with E-state index in [1.54, 1.807) is 0 Å². The molecule has 2 N–H and O–H groups in total. The van der Waals surface area contributed by atoms with E-state index in [9.17, 15) is 10.2 Å². The molecule has 4 atom stereocenters. The Bertz CT molecular complexity index is 308. The van der Waals surface area contributed by atoms with Gasteiger partial charge in [-0.1, -0.05) is 26.8 Å². The SMILES string of the molecule is CC(C)[C@@H]1CC[C@H](C)[C@@]12CC=C(CO)[C@H](O)C2. The summed E-state index contributed by atoms with van der Waals surface area (Å²) < 4.78 is 0. The lowest BCUT2D eigenvalue weighted by molar-refractivity contribution is 0.0280. The van der Waals surface area contributed by atoms with Gasteiger partial charge in [0.05, 0.1) is 12.7 Å². The van der Waals surface area contributed by atoms with Crippen LogP contribution in [0.3, 0.4) is 0 Å². The summed E-state index contributed by atoms with van der Waals surface area (Å²) in [6, 6.07) is 0. The van der Waals surface area contributed by atoms with Crippen LogP contribution in [0.25, 0.3) is 0 Å². The summed E-state index contributed by atoms with van der Waals surface area (Å²) >= 11 is 0. The molecular formula is C15H26O2. The molecule has 2 aliphatic carbocycles. The molecule has 0 aromatic rings. The minimum atomic E-state index is -0.421. The predicted molar refractivity (Wildman–Crippen MR) is 69.6 cm³/mol. The Labute approximate surface area is 105 Å². The van der Waals surface area contributed by atoms with Gasteiger partial charge in [0, 0.05) is 0 Å². The zero-order valence-electron chi connectivity index (χ0n) is 11.3. The zero-order chi connectivity index (χ0) is 12.6. The largest absolute Gasteiger partial charge is 0.392 e. The summed E-state index contributed by atoms with van der Waals surface area (Å²) in [7, 11) is 0. The third-order valence-electron chi connectivity index (χ3n) is 5.36. The number of allylic oxidation sites excluding steroid dienone is 1. The van der Waals surface area contributed by atoms with E-state index in [0.29, 0.717) is 11.8 Å². The number of aliphatic hydroxyl groups excluding tert-OH is 2. The van der Waals surface area contributed by atoms with E-state index in [0.717, 1.165) is 24.3 Å². The van der Waals surface area contributed by atoms with Crippen LogP contribution in [0.1, 0.15) is 46.5 Å². The minimum absolute atomic E-state index is 0.0119. The van der Waals surface area contributed by atoms with Crippen molar-refractivity contribution in [1.82, 2.24) is 0 Å². The van der Waals surface area contributed by atoms with Crippen LogP contribution >= 0.6 is 0 Å². The molecule has 1 saturated carbocycles. The number of hydrogen-bond acceptors (Lipinski definition) is 2. The predicted octanol–water partition coefficient (Wildman–Crippen LogP) is 2.75. The van der Waals surface area contributed by atoms with Gasteiger partial charge in [-0.2, -0.15) is 0 Å². The molecule has 0 bridgehead atoms. The van der Waals surface area contributed by atoms with E-state index in [1.807, 2.05) is 0 Å². The highest BCUT2D eigenvalue weighted by Crippen LogP contribution is 2.57. The van der Waals surface area contributed by atoms with Gasteiger partial charge in [-0.15, -0.1) is 0 Å². The van der Waals surface area contributed by atoms with Crippen LogP contribution in [-0.2, 0) is 0 Å². The molecule has 17 heavy (non-hydrogen) atoms. The quantitative estimate of drug-likeness (QED) is 0.726. The summed E-state index contributed by atoms with van der Waals surface area (Å²) in [5, 5.41) is 19.4. The minimum Gasteiger partial charge on any atom is -0.392 e. The highest BCUT2D eigenvalue weighted by atomic mass is 16.3. The average Bonchev–Trinajstić information content (AvgIpc) is 2.57. The molecule has 2 heteroatoms. The summed E-state index contributed by atoms with van der Waals surface area (Å²) in [5.41, 5.74) is 1.11. The molecule has 0 saturated heterocycles. The van der Waals surface area contributed by atoms with Crippen LogP contribution in [0.5, 0.6) is 0 Å². The molecule has 0 radical (unpaired) electrons. The van der Waals surface area contributed by atoms with Gasteiger partial charge in [0.15, 0.2) is 0 Å². The smallest absolute Gasteiger partial charge is 0.0777 e. The monoisotopic (exact) mass is 238 g/mol. The van der Waals surface area contributed by atoms with Crippen molar-refractivity contribution in [3.63, 3.8) is 0 Å². The van der Waals surface area contributed by atoms with Gasteiger partial charge in [-0.25, -0.2) is 0 Å². The summed E-state index contributed by atoms with van der Waals surface area (Å²) in [6.07, 6.45) is 6.17. The molecule has 0 aliphatic heterocycles. The van der Waals surface area contributed by atoms with Crippen molar-refractivity contribution in [2.45, 2.75) is 52.6 Å². The maximum absolute atomic E-state index is 10.2. The van der Waals surface area contributed by atoms with Crippen LogP contribution in [-0.4, -0.2) is 22.9 Å². The molecule has 1 spiro atoms.